The Labute approximate surface area is 140 Å². The largest absolute Gasteiger partial charge is 0.480 e. The van der Waals surface area contributed by atoms with Gasteiger partial charge in [-0.2, -0.15) is 4.72 Å². The fourth-order valence-corrected chi connectivity index (χ4v) is 4.31. The zero-order chi connectivity index (χ0) is 17.6. The van der Waals surface area contributed by atoms with Gasteiger partial charge in [-0.3, -0.25) is 9.59 Å². The van der Waals surface area contributed by atoms with Crippen molar-refractivity contribution in [2.45, 2.75) is 43.9 Å². The fraction of sp³-hybridized carbons (Fsp3) is 0.571. The normalized spacial score (nSPS) is 13.0. The number of nitrogens with one attached hydrogen (secondary N) is 2. The highest BCUT2D eigenvalue weighted by Crippen LogP contribution is 2.22. The molecule has 0 saturated heterocycles. The van der Waals surface area contributed by atoms with E-state index in [0.717, 1.165) is 16.2 Å². The molecule has 23 heavy (non-hydrogen) atoms. The number of amides is 1. The summed E-state index contributed by atoms with van der Waals surface area (Å²) in [6.45, 7) is 5.62. The summed E-state index contributed by atoms with van der Waals surface area (Å²) < 4.78 is 26.2. The van der Waals surface area contributed by atoms with Gasteiger partial charge in [0, 0.05) is 17.8 Å². The van der Waals surface area contributed by atoms with E-state index in [2.05, 4.69) is 10.0 Å². The summed E-state index contributed by atoms with van der Waals surface area (Å²) in [4.78, 5) is 23.1. The Balaban J connectivity index is 2.57. The summed E-state index contributed by atoms with van der Waals surface area (Å²) >= 11 is 1.06. The van der Waals surface area contributed by atoms with Crippen LogP contribution >= 0.6 is 11.3 Å². The van der Waals surface area contributed by atoms with Gasteiger partial charge in [-0.1, -0.05) is 13.8 Å². The lowest BCUT2D eigenvalue weighted by molar-refractivity contribution is -0.138. The van der Waals surface area contributed by atoms with E-state index in [1.165, 1.54) is 13.0 Å². The number of carboxylic acid groups (broad SMARTS) is 1. The van der Waals surface area contributed by atoms with Crippen LogP contribution in [0, 0.1) is 5.92 Å². The minimum absolute atomic E-state index is 0.0265. The number of carbonyl (C=O) groups is 2. The molecular formula is C14H22N2O5S2. The lowest BCUT2D eigenvalue weighted by Crippen LogP contribution is -2.37. The molecule has 0 aliphatic rings. The summed E-state index contributed by atoms with van der Waals surface area (Å²) in [6, 6.07) is 1.91. The van der Waals surface area contributed by atoms with Crippen LogP contribution in [0.5, 0.6) is 0 Å². The van der Waals surface area contributed by atoms with Crippen LogP contribution in [0.2, 0.25) is 0 Å². The van der Waals surface area contributed by atoms with Crippen LogP contribution < -0.4 is 10.0 Å². The molecule has 1 heterocycles. The zero-order valence-corrected chi connectivity index (χ0v) is 15.0. The molecule has 1 atom stereocenters. The Morgan fingerprint density at radius 1 is 1.26 bits per heavy atom. The summed E-state index contributed by atoms with van der Waals surface area (Å²) in [5.41, 5.74) is 0. The molecule has 0 fully saturated rings. The molecule has 1 rings (SSSR count). The first-order valence-electron chi connectivity index (χ1n) is 7.22. The molecule has 3 N–H and O–H groups in total. The van der Waals surface area contributed by atoms with Crippen molar-refractivity contribution in [3.05, 3.63) is 17.0 Å². The highest BCUT2D eigenvalue weighted by Gasteiger charge is 2.23. The van der Waals surface area contributed by atoms with Crippen molar-refractivity contribution in [2.24, 2.45) is 5.92 Å². The molecule has 0 bridgehead atoms. The molecule has 9 heteroatoms. The Morgan fingerprint density at radius 3 is 2.48 bits per heavy atom. The maximum absolute atomic E-state index is 12.0. The van der Waals surface area contributed by atoms with E-state index in [9.17, 15) is 18.0 Å². The van der Waals surface area contributed by atoms with Gasteiger partial charge < -0.3 is 10.4 Å². The number of rotatable bonds is 9. The predicted octanol–water partition coefficient (Wildman–Crippen LogP) is 1.20. The Morgan fingerprint density at radius 2 is 1.91 bits per heavy atom. The first-order chi connectivity index (χ1) is 10.6. The van der Waals surface area contributed by atoms with Crippen molar-refractivity contribution in [2.75, 3.05) is 6.54 Å². The molecule has 0 radical (unpaired) electrons. The fourth-order valence-electron chi connectivity index (χ4n) is 1.75. The third kappa shape index (κ3) is 6.67. The van der Waals surface area contributed by atoms with Crippen LogP contribution in [0.3, 0.4) is 0 Å². The maximum Gasteiger partial charge on any atom is 0.321 e. The van der Waals surface area contributed by atoms with Crippen LogP contribution in [0.15, 0.2) is 16.3 Å². The third-order valence-electron chi connectivity index (χ3n) is 2.89. The standard InChI is InChI=1S/C14H22N2O5S2/c1-9(2)8-12(17)15-7-6-11-4-5-13(22-11)23(20,21)16-10(3)14(18)19/h4-5,9-10,16H,6-8H2,1-3H3,(H,15,17)(H,18,19)/t10-/m0/s1. The molecule has 7 nitrogen and oxygen atoms in total. The Hall–Kier alpha value is -1.45. The maximum atomic E-state index is 12.0. The van der Waals surface area contributed by atoms with E-state index in [0.29, 0.717) is 19.4 Å². The van der Waals surface area contributed by atoms with Gasteiger partial charge >= 0.3 is 5.97 Å². The van der Waals surface area contributed by atoms with Crippen molar-refractivity contribution >= 4 is 33.2 Å². The van der Waals surface area contributed by atoms with Crippen molar-refractivity contribution < 1.29 is 23.1 Å². The van der Waals surface area contributed by atoms with Gasteiger partial charge in [0.2, 0.25) is 5.91 Å². The van der Waals surface area contributed by atoms with Crippen molar-refractivity contribution in [3.8, 4) is 0 Å². The summed E-state index contributed by atoms with van der Waals surface area (Å²) in [5, 5.41) is 11.5. The van der Waals surface area contributed by atoms with Crippen molar-refractivity contribution in [3.63, 3.8) is 0 Å². The van der Waals surface area contributed by atoms with Crippen molar-refractivity contribution in [1.29, 1.82) is 0 Å². The van der Waals surface area contributed by atoms with Gasteiger partial charge in [0.25, 0.3) is 10.0 Å². The summed E-state index contributed by atoms with van der Waals surface area (Å²) in [6.07, 6.45) is 0.986. The predicted molar refractivity (Wildman–Crippen MR) is 87.9 cm³/mol. The summed E-state index contributed by atoms with van der Waals surface area (Å²) in [7, 11) is -3.84. The molecule has 0 spiro atoms. The van der Waals surface area contributed by atoms with Gasteiger partial charge in [0.15, 0.2) is 0 Å². The van der Waals surface area contributed by atoms with Crippen LogP contribution in [0.4, 0.5) is 0 Å². The summed E-state index contributed by atoms with van der Waals surface area (Å²) in [5.74, 6) is -0.977. The van der Waals surface area contributed by atoms with E-state index in [1.54, 1.807) is 6.07 Å². The zero-order valence-electron chi connectivity index (χ0n) is 13.3. The van der Waals surface area contributed by atoms with Gasteiger partial charge in [-0.25, -0.2) is 8.42 Å². The quantitative estimate of drug-likeness (QED) is 0.611. The number of carbonyl (C=O) groups excluding carboxylic acids is 1. The van der Waals surface area contributed by atoms with E-state index in [1.807, 2.05) is 13.8 Å². The Kier molecular flexibility index (Phi) is 7.17. The molecule has 0 aliphatic carbocycles. The number of aliphatic carboxylic acids is 1. The highest BCUT2D eigenvalue weighted by molar-refractivity contribution is 7.91. The SMILES string of the molecule is CC(C)CC(=O)NCCc1ccc(S(=O)(=O)N[C@@H](C)C(=O)O)s1. The van der Waals surface area contributed by atoms with Gasteiger partial charge in [-0.15, -0.1) is 11.3 Å². The average Bonchev–Trinajstić information content (AvgIpc) is 2.86. The topological polar surface area (TPSA) is 113 Å². The molecule has 1 amide bonds. The molecule has 0 aromatic carbocycles. The minimum atomic E-state index is -3.84. The van der Waals surface area contributed by atoms with Crippen molar-refractivity contribution in [1.82, 2.24) is 10.0 Å². The highest BCUT2D eigenvalue weighted by atomic mass is 32.2. The number of hydrogen-bond donors (Lipinski definition) is 3. The molecule has 0 aliphatic heterocycles. The number of hydrogen-bond acceptors (Lipinski definition) is 5. The van der Waals surface area contributed by atoms with Gasteiger partial charge in [0.05, 0.1) is 0 Å². The first-order valence-corrected chi connectivity index (χ1v) is 9.52. The van der Waals surface area contributed by atoms with E-state index < -0.39 is 22.0 Å². The second kappa shape index (κ2) is 8.42. The second-order valence-corrected chi connectivity index (χ2v) is 8.71. The molecular weight excluding hydrogens is 340 g/mol. The van der Waals surface area contributed by atoms with E-state index >= 15 is 0 Å². The second-order valence-electron chi connectivity index (χ2n) is 5.60. The number of sulfonamides is 1. The lowest BCUT2D eigenvalue weighted by Gasteiger charge is -2.08. The molecule has 1 aromatic heterocycles. The molecule has 1 aromatic rings. The number of thiophene rings is 1. The third-order valence-corrected chi connectivity index (χ3v) is 6.07. The smallest absolute Gasteiger partial charge is 0.321 e. The minimum Gasteiger partial charge on any atom is -0.480 e. The monoisotopic (exact) mass is 362 g/mol. The molecule has 0 saturated carbocycles. The van der Waals surface area contributed by atoms with Crippen LogP contribution in [-0.2, 0) is 26.0 Å². The average molecular weight is 362 g/mol. The number of carboxylic acids is 1. The van der Waals surface area contributed by atoms with Crippen LogP contribution in [0.1, 0.15) is 32.1 Å². The lowest BCUT2D eigenvalue weighted by atomic mass is 10.1. The molecule has 0 unspecified atom stereocenters. The van der Waals surface area contributed by atoms with Gasteiger partial charge in [0.1, 0.15) is 10.3 Å². The van der Waals surface area contributed by atoms with E-state index in [-0.39, 0.29) is 16.0 Å². The van der Waals surface area contributed by atoms with Gasteiger partial charge in [-0.05, 0) is 31.4 Å². The molecule has 130 valence electrons. The first kappa shape index (κ1) is 19.6. The van der Waals surface area contributed by atoms with Crippen LogP contribution in [0.25, 0.3) is 0 Å². The Bertz CT molecular complexity index is 652. The van der Waals surface area contributed by atoms with Crippen LogP contribution in [-0.4, -0.2) is 38.0 Å². The van der Waals surface area contributed by atoms with E-state index in [4.69, 9.17) is 5.11 Å².